The molecule has 0 amide bonds. The van der Waals surface area contributed by atoms with Gasteiger partial charge in [0.2, 0.25) is 5.28 Å². The number of hydrogen-bond acceptors (Lipinski definition) is 4. The quantitative estimate of drug-likeness (QED) is 0.743. The molecule has 4 nitrogen and oxygen atoms in total. The van der Waals surface area contributed by atoms with E-state index in [9.17, 15) is 0 Å². The molecule has 0 saturated carbocycles. The number of hydrogen-bond donors (Lipinski definition) is 0. The SMILES string of the molecule is C.C/C=C/c1ncc(C)cn1.Cc1cnc(Cl)nc1. The van der Waals surface area contributed by atoms with E-state index in [-0.39, 0.29) is 7.43 Å². The molecule has 0 aliphatic carbocycles. The first-order valence-corrected chi connectivity index (χ1v) is 5.85. The van der Waals surface area contributed by atoms with Crippen LogP contribution in [0.15, 0.2) is 30.9 Å². The van der Waals surface area contributed by atoms with Crippen molar-refractivity contribution >= 4 is 17.7 Å². The Bertz CT molecular complexity index is 471. The third-order valence-corrected chi connectivity index (χ3v) is 2.06. The summed E-state index contributed by atoms with van der Waals surface area (Å²) >= 11 is 5.39. The number of rotatable bonds is 1. The van der Waals surface area contributed by atoms with E-state index in [2.05, 4.69) is 19.9 Å². The van der Waals surface area contributed by atoms with Gasteiger partial charge in [0, 0.05) is 24.8 Å². The zero-order valence-electron chi connectivity index (χ0n) is 10.6. The highest BCUT2D eigenvalue weighted by molar-refractivity contribution is 6.28. The number of nitrogens with zero attached hydrogens (tertiary/aromatic N) is 4. The first-order valence-electron chi connectivity index (χ1n) is 5.47. The van der Waals surface area contributed by atoms with Crippen molar-refractivity contribution in [1.29, 1.82) is 0 Å². The van der Waals surface area contributed by atoms with Crippen LogP contribution in [0.2, 0.25) is 5.28 Å². The average Bonchev–Trinajstić information content (AvgIpc) is 2.37. The molecule has 0 aromatic carbocycles. The molecule has 2 aromatic rings. The van der Waals surface area contributed by atoms with E-state index in [4.69, 9.17) is 11.6 Å². The summed E-state index contributed by atoms with van der Waals surface area (Å²) in [5.41, 5.74) is 2.11. The van der Waals surface area contributed by atoms with Crippen LogP contribution < -0.4 is 0 Å². The summed E-state index contributed by atoms with van der Waals surface area (Å²) in [7, 11) is 0. The summed E-state index contributed by atoms with van der Waals surface area (Å²) in [5, 5.41) is 0.301. The second-order valence-electron chi connectivity index (χ2n) is 3.65. The lowest BCUT2D eigenvalue weighted by Crippen LogP contribution is -1.85. The van der Waals surface area contributed by atoms with E-state index in [0.29, 0.717) is 5.28 Å². The zero-order chi connectivity index (χ0) is 13.4. The van der Waals surface area contributed by atoms with Crippen molar-refractivity contribution < 1.29 is 0 Å². The minimum atomic E-state index is 0. The Morgan fingerprint density at radius 1 is 0.895 bits per heavy atom. The molecule has 2 heterocycles. The highest BCUT2D eigenvalue weighted by Gasteiger charge is 1.86. The molecular formula is C14H19ClN4. The van der Waals surface area contributed by atoms with Crippen molar-refractivity contribution in [1.82, 2.24) is 19.9 Å². The second kappa shape index (κ2) is 9.16. The molecule has 0 saturated heterocycles. The van der Waals surface area contributed by atoms with Crippen LogP contribution in [0.3, 0.4) is 0 Å². The smallest absolute Gasteiger partial charge is 0.222 e. The normalized spacial score (nSPS) is 9.47. The lowest BCUT2D eigenvalue weighted by atomic mass is 10.4. The molecule has 0 fully saturated rings. The largest absolute Gasteiger partial charge is 0.237 e. The van der Waals surface area contributed by atoms with Crippen LogP contribution in [0.5, 0.6) is 0 Å². The van der Waals surface area contributed by atoms with Gasteiger partial charge in [0.15, 0.2) is 5.82 Å². The van der Waals surface area contributed by atoms with Gasteiger partial charge in [0.25, 0.3) is 0 Å². The first kappa shape index (κ1) is 17.2. The second-order valence-corrected chi connectivity index (χ2v) is 3.99. The molecule has 2 aromatic heterocycles. The Labute approximate surface area is 119 Å². The fourth-order valence-corrected chi connectivity index (χ4v) is 1.11. The van der Waals surface area contributed by atoms with Gasteiger partial charge >= 0.3 is 0 Å². The summed E-state index contributed by atoms with van der Waals surface area (Å²) in [6.45, 7) is 5.83. The molecule has 0 aliphatic rings. The molecule has 0 unspecified atom stereocenters. The van der Waals surface area contributed by atoms with Crippen molar-refractivity contribution in [2.45, 2.75) is 28.2 Å². The minimum Gasteiger partial charge on any atom is -0.237 e. The highest BCUT2D eigenvalue weighted by Crippen LogP contribution is 1.97. The maximum Gasteiger partial charge on any atom is 0.222 e. The maximum atomic E-state index is 5.39. The van der Waals surface area contributed by atoms with E-state index in [0.717, 1.165) is 17.0 Å². The van der Waals surface area contributed by atoms with Crippen LogP contribution in [0.1, 0.15) is 31.3 Å². The number of aromatic nitrogens is 4. The predicted molar refractivity (Wildman–Crippen MR) is 80.0 cm³/mol. The highest BCUT2D eigenvalue weighted by atomic mass is 35.5. The van der Waals surface area contributed by atoms with E-state index in [1.165, 1.54) is 0 Å². The lowest BCUT2D eigenvalue weighted by Gasteiger charge is -1.90. The Balaban J connectivity index is 0.000000331. The molecule has 0 radical (unpaired) electrons. The molecule has 102 valence electrons. The molecule has 0 bridgehead atoms. The third kappa shape index (κ3) is 7.26. The Morgan fingerprint density at radius 3 is 1.68 bits per heavy atom. The van der Waals surface area contributed by atoms with Crippen LogP contribution in [0.25, 0.3) is 6.08 Å². The van der Waals surface area contributed by atoms with Gasteiger partial charge in [-0.2, -0.15) is 0 Å². The predicted octanol–water partition coefficient (Wildman–Crippen LogP) is 3.89. The van der Waals surface area contributed by atoms with Gasteiger partial charge in [-0.1, -0.05) is 13.5 Å². The Kier molecular flexibility index (Phi) is 8.29. The Morgan fingerprint density at radius 2 is 1.32 bits per heavy atom. The summed E-state index contributed by atoms with van der Waals surface area (Å²) in [4.78, 5) is 15.6. The monoisotopic (exact) mass is 278 g/mol. The number of aryl methyl sites for hydroxylation is 2. The zero-order valence-corrected chi connectivity index (χ0v) is 11.4. The van der Waals surface area contributed by atoms with Crippen LogP contribution in [-0.2, 0) is 0 Å². The summed E-state index contributed by atoms with van der Waals surface area (Å²) in [6, 6.07) is 0. The third-order valence-electron chi connectivity index (χ3n) is 1.87. The van der Waals surface area contributed by atoms with Crippen molar-refractivity contribution in [3.8, 4) is 0 Å². The van der Waals surface area contributed by atoms with E-state index >= 15 is 0 Å². The molecule has 5 heteroatoms. The summed E-state index contributed by atoms with van der Waals surface area (Å²) in [6.07, 6.45) is 10.8. The molecule has 0 aliphatic heterocycles. The topological polar surface area (TPSA) is 51.6 Å². The molecular weight excluding hydrogens is 260 g/mol. The standard InChI is InChI=1S/C8H10N2.C5H5ClN2.CH4/c1-3-4-8-9-5-7(2)6-10-8;1-4-2-7-5(6)8-3-4;/h3-6H,1-2H3;2-3H,1H3;1H4/b4-3+;;. The average molecular weight is 279 g/mol. The van der Waals surface area contributed by atoms with Crippen LogP contribution in [0, 0.1) is 13.8 Å². The lowest BCUT2D eigenvalue weighted by molar-refractivity contribution is 1.10. The van der Waals surface area contributed by atoms with E-state index < -0.39 is 0 Å². The van der Waals surface area contributed by atoms with Gasteiger partial charge in [-0.15, -0.1) is 0 Å². The summed E-state index contributed by atoms with van der Waals surface area (Å²) < 4.78 is 0. The van der Waals surface area contributed by atoms with Crippen molar-refractivity contribution in [2.75, 3.05) is 0 Å². The van der Waals surface area contributed by atoms with Gasteiger partial charge in [-0.3, -0.25) is 0 Å². The molecule has 0 spiro atoms. The van der Waals surface area contributed by atoms with Crippen LogP contribution in [0.4, 0.5) is 0 Å². The van der Waals surface area contributed by atoms with Crippen molar-refractivity contribution in [3.05, 3.63) is 53.1 Å². The van der Waals surface area contributed by atoms with E-state index in [1.54, 1.807) is 12.4 Å². The van der Waals surface area contributed by atoms with Crippen molar-refractivity contribution in [2.24, 2.45) is 0 Å². The van der Waals surface area contributed by atoms with Gasteiger partial charge in [0.1, 0.15) is 0 Å². The van der Waals surface area contributed by atoms with Crippen molar-refractivity contribution in [3.63, 3.8) is 0 Å². The number of allylic oxidation sites excluding steroid dienone is 1. The van der Waals surface area contributed by atoms with Gasteiger partial charge in [-0.25, -0.2) is 19.9 Å². The van der Waals surface area contributed by atoms with Crippen LogP contribution in [-0.4, -0.2) is 19.9 Å². The first-order chi connectivity index (χ1) is 8.61. The minimum absolute atomic E-state index is 0. The fraction of sp³-hybridized carbons (Fsp3) is 0.286. The summed E-state index contributed by atoms with van der Waals surface area (Å²) in [5.74, 6) is 0.771. The molecule has 0 atom stereocenters. The molecule has 2 rings (SSSR count). The maximum absolute atomic E-state index is 5.39. The number of halogens is 1. The van der Waals surface area contributed by atoms with Gasteiger partial charge < -0.3 is 0 Å². The molecule has 0 N–H and O–H groups in total. The van der Waals surface area contributed by atoms with Gasteiger partial charge in [-0.05, 0) is 49.6 Å². The van der Waals surface area contributed by atoms with Gasteiger partial charge in [0.05, 0.1) is 0 Å². The Hall–Kier alpha value is -1.81. The van der Waals surface area contributed by atoms with Crippen LogP contribution >= 0.6 is 11.6 Å². The van der Waals surface area contributed by atoms with E-state index in [1.807, 2.05) is 45.3 Å². The molecule has 19 heavy (non-hydrogen) atoms. The fourth-order valence-electron chi connectivity index (χ4n) is 1.01.